The summed E-state index contributed by atoms with van der Waals surface area (Å²) in [5, 5.41) is 0. The monoisotopic (exact) mass is 139 g/mol. The highest BCUT2D eigenvalue weighted by Gasteiger charge is 2.06. The molecule has 1 atom stereocenters. The zero-order valence-corrected chi connectivity index (χ0v) is 5.84. The Morgan fingerprint density at radius 1 is 1.57 bits per heavy atom. The topological polar surface area (TPSA) is 0 Å². The SMILES string of the molecule is [CH2]CC(C)C(Cl)Cl. The van der Waals surface area contributed by atoms with E-state index in [1.807, 2.05) is 6.92 Å². The van der Waals surface area contributed by atoms with Crippen LogP contribution >= 0.6 is 23.2 Å². The number of hydrogen-bond donors (Lipinski definition) is 0. The summed E-state index contributed by atoms with van der Waals surface area (Å²) in [4.78, 5) is -0.252. The van der Waals surface area contributed by atoms with Gasteiger partial charge in [-0.05, 0) is 12.3 Å². The number of rotatable bonds is 2. The van der Waals surface area contributed by atoms with Gasteiger partial charge in [0.15, 0.2) is 0 Å². The van der Waals surface area contributed by atoms with Gasteiger partial charge in [0.25, 0.3) is 0 Å². The van der Waals surface area contributed by atoms with Crippen LogP contribution in [0.4, 0.5) is 0 Å². The van der Waals surface area contributed by atoms with Gasteiger partial charge in [-0.1, -0.05) is 13.8 Å². The van der Waals surface area contributed by atoms with Gasteiger partial charge in [-0.25, -0.2) is 0 Å². The van der Waals surface area contributed by atoms with E-state index < -0.39 is 0 Å². The molecule has 0 aliphatic rings. The molecule has 0 rings (SSSR count). The van der Waals surface area contributed by atoms with Gasteiger partial charge in [0.2, 0.25) is 0 Å². The molecule has 0 aromatic carbocycles. The summed E-state index contributed by atoms with van der Waals surface area (Å²) < 4.78 is 0. The summed E-state index contributed by atoms with van der Waals surface area (Å²) in [6.07, 6.45) is 0.803. The maximum Gasteiger partial charge on any atom is 0.110 e. The fraction of sp³-hybridized carbons (Fsp3) is 0.800. The van der Waals surface area contributed by atoms with Gasteiger partial charge in [0.1, 0.15) is 4.84 Å². The molecule has 0 heterocycles. The molecule has 1 radical (unpaired) electrons. The molecule has 7 heavy (non-hydrogen) atoms. The fourth-order valence-corrected chi connectivity index (χ4v) is 0.378. The summed E-state index contributed by atoms with van der Waals surface area (Å²) >= 11 is 10.9. The van der Waals surface area contributed by atoms with Crippen LogP contribution in [0.25, 0.3) is 0 Å². The number of alkyl halides is 2. The molecule has 0 amide bonds. The van der Waals surface area contributed by atoms with Gasteiger partial charge in [-0.2, -0.15) is 0 Å². The summed E-state index contributed by atoms with van der Waals surface area (Å²) in [6, 6.07) is 0. The van der Waals surface area contributed by atoms with E-state index in [4.69, 9.17) is 23.2 Å². The first-order valence-electron chi connectivity index (χ1n) is 2.26. The second kappa shape index (κ2) is 3.57. The molecule has 2 heteroatoms. The van der Waals surface area contributed by atoms with E-state index in [0.717, 1.165) is 6.42 Å². The highest BCUT2D eigenvalue weighted by Crippen LogP contribution is 2.16. The lowest BCUT2D eigenvalue weighted by atomic mass is 10.2. The first-order valence-corrected chi connectivity index (χ1v) is 3.13. The van der Waals surface area contributed by atoms with Crippen molar-refractivity contribution in [1.29, 1.82) is 0 Å². The smallest absolute Gasteiger partial charge is 0.105 e. The number of halogens is 2. The molecule has 0 aromatic heterocycles. The molecule has 0 saturated heterocycles. The van der Waals surface area contributed by atoms with E-state index in [0.29, 0.717) is 5.92 Å². The third kappa shape index (κ3) is 3.19. The Morgan fingerprint density at radius 3 is 2.00 bits per heavy atom. The van der Waals surface area contributed by atoms with Crippen molar-refractivity contribution >= 4 is 23.2 Å². The second-order valence-corrected chi connectivity index (χ2v) is 2.76. The van der Waals surface area contributed by atoms with E-state index in [1.54, 1.807) is 0 Å². The first-order chi connectivity index (χ1) is 3.18. The van der Waals surface area contributed by atoms with Gasteiger partial charge in [-0.3, -0.25) is 0 Å². The van der Waals surface area contributed by atoms with Crippen LogP contribution in [0.2, 0.25) is 0 Å². The molecule has 0 aromatic rings. The minimum Gasteiger partial charge on any atom is -0.105 e. The van der Waals surface area contributed by atoms with Crippen LogP contribution in [-0.4, -0.2) is 4.84 Å². The number of hydrogen-bond acceptors (Lipinski definition) is 0. The Morgan fingerprint density at radius 2 is 2.00 bits per heavy atom. The average Bonchev–Trinajstić information content (AvgIpc) is 1.65. The molecule has 0 nitrogen and oxygen atoms in total. The van der Waals surface area contributed by atoms with E-state index in [2.05, 4.69) is 6.92 Å². The Hall–Kier alpha value is 0.580. The van der Waals surface area contributed by atoms with Crippen molar-refractivity contribution in [2.75, 3.05) is 0 Å². The molecule has 0 spiro atoms. The molecule has 0 bridgehead atoms. The van der Waals surface area contributed by atoms with Gasteiger partial charge < -0.3 is 0 Å². The molecule has 0 fully saturated rings. The molecule has 0 saturated carbocycles. The zero-order valence-electron chi connectivity index (χ0n) is 4.32. The summed E-state index contributed by atoms with van der Waals surface area (Å²) in [6.45, 7) is 5.61. The Kier molecular flexibility index (Phi) is 3.86. The normalized spacial score (nSPS) is 15.0. The molecule has 43 valence electrons. The van der Waals surface area contributed by atoms with Crippen LogP contribution in [0.3, 0.4) is 0 Å². The van der Waals surface area contributed by atoms with Crippen LogP contribution in [0.15, 0.2) is 0 Å². The Balaban J connectivity index is 3.14. The van der Waals surface area contributed by atoms with Crippen molar-refractivity contribution in [3.8, 4) is 0 Å². The highest BCUT2D eigenvalue weighted by atomic mass is 35.5. The van der Waals surface area contributed by atoms with Crippen LogP contribution in [0.5, 0.6) is 0 Å². The Bertz CT molecular complexity index is 43.3. The van der Waals surface area contributed by atoms with Crippen molar-refractivity contribution in [2.24, 2.45) is 5.92 Å². The quantitative estimate of drug-likeness (QED) is 0.517. The maximum absolute atomic E-state index is 5.45. The van der Waals surface area contributed by atoms with Crippen molar-refractivity contribution in [1.82, 2.24) is 0 Å². The van der Waals surface area contributed by atoms with Gasteiger partial charge >= 0.3 is 0 Å². The second-order valence-electron chi connectivity index (χ2n) is 1.60. The molecule has 1 unspecified atom stereocenters. The summed E-state index contributed by atoms with van der Waals surface area (Å²) in [5.74, 6) is 0.323. The average molecular weight is 140 g/mol. The molecule has 0 N–H and O–H groups in total. The third-order valence-electron chi connectivity index (χ3n) is 0.885. The standard InChI is InChI=1S/C5H9Cl2/c1-3-4(2)5(6)7/h4-5H,1,3H2,2H3. The highest BCUT2D eigenvalue weighted by molar-refractivity contribution is 6.44. The van der Waals surface area contributed by atoms with Crippen LogP contribution in [0, 0.1) is 12.8 Å². The van der Waals surface area contributed by atoms with Gasteiger partial charge in [0, 0.05) is 0 Å². The zero-order chi connectivity index (χ0) is 5.86. The van der Waals surface area contributed by atoms with E-state index in [-0.39, 0.29) is 4.84 Å². The summed E-state index contributed by atoms with van der Waals surface area (Å²) in [5.41, 5.74) is 0. The minimum atomic E-state index is -0.252. The molecular weight excluding hydrogens is 131 g/mol. The van der Waals surface area contributed by atoms with Crippen molar-refractivity contribution in [2.45, 2.75) is 18.2 Å². The maximum atomic E-state index is 5.45. The van der Waals surface area contributed by atoms with Crippen molar-refractivity contribution < 1.29 is 0 Å². The predicted molar refractivity (Wildman–Crippen MR) is 34.6 cm³/mol. The van der Waals surface area contributed by atoms with Crippen molar-refractivity contribution in [3.05, 3.63) is 6.92 Å². The predicted octanol–water partition coefficient (Wildman–Crippen LogP) is 2.65. The largest absolute Gasteiger partial charge is 0.110 e. The fourth-order valence-electron chi connectivity index (χ4n) is 0.126. The molecular formula is C5H9Cl2. The van der Waals surface area contributed by atoms with E-state index >= 15 is 0 Å². The third-order valence-corrected chi connectivity index (χ3v) is 1.75. The molecule has 0 aliphatic carbocycles. The van der Waals surface area contributed by atoms with Gasteiger partial charge in [0.05, 0.1) is 0 Å². The summed E-state index contributed by atoms with van der Waals surface area (Å²) in [7, 11) is 0. The Labute approximate surface area is 54.8 Å². The lowest BCUT2D eigenvalue weighted by Gasteiger charge is -2.05. The van der Waals surface area contributed by atoms with Crippen molar-refractivity contribution in [3.63, 3.8) is 0 Å². The van der Waals surface area contributed by atoms with Crippen LogP contribution in [0.1, 0.15) is 13.3 Å². The van der Waals surface area contributed by atoms with Gasteiger partial charge in [-0.15, -0.1) is 23.2 Å². The lowest BCUT2D eigenvalue weighted by Crippen LogP contribution is -2.01. The minimum absolute atomic E-state index is 0.252. The van der Waals surface area contributed by atoms with Crippen LogP contribution < -0.4 is 0 Å². The molecule has 0 aliphatic heterocycles. The van der Waals surface area contributed by atoms with Crippen LogP contribution in [-0.2, 0) is 0 Å². The van der Waals surface area contributed by atoms with E-state index in [1.165, 1.54) is 0 Å². The first kappa shape index (κ1) is 7.58. The van der Waals surface area contributed by atoms with E-state index in [9.17, 15) is 0 Å². The lowest BCUT2D eigenvalue weighted by molar-refractivity contribution is 0.638.